The summed E-state index contributed by atoms with van der Waals surface area (Å²) in [7, 11) is 0. The molecule has 0 aliphatic heterocycles. The Bertz CT molecular complexity index is 417. The van der Waals surface area contributed by atoms with Crippen molar-refractivity contribution in [2.24, 2.45) is 0 Å². The first-order chi connectivity index (χ1) is 8.54. The summed E-state index contributed by atoms with van der Waals surface area (Å²) in [5.74, 6) is -11.4. The highest BCUT2D eigenvalue weighted by atomic mass is 19.4. The Kier molecular flexibility index (Phi) is 4.17. The predicted octanol–water partition coefficient (Wildman–Crippen LogP) is 4.74. The summed E-state index contributed by atoms with van der Waals surface area (Å²) >= 11 is 0. The van der Waals surface area contributed by atoms with E-state index in [1.165, 1.54) is 0 Å². The minimum Gasteiger partial charge on any atom is -0.194 e. The lowest BCUT2D eigenvalue weighted by Crippen LogP contribution is -2.50. The minimum atomic E-state index is -6.32. The van der Waals surface area contributed by atoms with E-state index in [-0.39, 0.29) is 0 Å². The van der Waals surface area contributed by atoms with Crippen LogP contribution in [0.4, 0.5) is 30.7 Å². The van der Waals surface area contributed by atoms with Gasteiger partial charge in [0.1, 0.15) is 0 Å². The molecule has 107 valence electrons. The van der Waals surface area contributed by atoms with Gasteiger partial charge in [-0.15, -0.1) is 0 Å². The lowest BCUT2D eigenvalue weighted by molar-refractivity contribution is -0.359. The smallest absolute Gasteiger partial charge is 0.194 e. The van der Waals surface area contributed by atoms with Crippen LogP contribution in [0.25, 0.3) is 0 Å². The van der Waals surface area contributed by atoms with E-state index in [0.717, 1.165) is 12.1 Å². The first kappa shape index (κ1) is 15.8. The van der Waals surface area contributed by atoms with Crippen molar-refractivity contribution in [3.05, 3.63) is 42.3 Å². The van der Waals surface area contributed by atoms with Crippen LogP contribution in [0, 0.1) is 6.92 Å². The average molecular weight is 287 g/mol. The molecule has 1 rings (SSSR count). The first-order valence-electron chi connectivity index (χ1n) is 5.25. The molecule has 0 aliphatic carbocycles. The summed E-state index contributed by atoms with van der Waals surface area (Å²) in [5, 5.41) is 0. The number of aryl methyl sites for hydroxylation is 1. The summed E-state index contributed by atoms with van der Waals surface area (Å²) in [5.41, 5.74) is -0.840. The molecule has 0 aliphatic rings. The molecule has 0 aromatic heterocycles. The topological polar surface area (TPSA) is 0 Å². The van der Waals surface area contributed by atoms with Crippen molar-refractivity contribution in [3.8, 4) is 0 Å². The van der Waals surface area contributed by atoms with Gasteiger partial charge in [-0.1, -0.05) is 31.2 Å². The Balaban J connectivity index is 3.13. The molecule has 1 aromatic rings. The molecule has 0 nitrogen and oxygen atoms in total. The van der Waals surface area contributed by atoms with Crippen LogP contribution < -0.4 is 0 Å². The molecular formula is C12H10F7. The molecular weight excluding hydrogens is 277 g/mol. The van der Waals surface area contributed by atoms with Crippen molar-refractivity contribution < 1.29 is 30.7 Å². The van der Waals surface area contributed by atoms with E-state index < -0.39 is 23.6 Å². The zero-order valence-electron chi connectivity index (χ0n) is 9.58. The fourth-order valence-corrected chi connectivity index (χ4v) is 1.44. The van der Waals surface area contributed by atoms with E-state index in [1.54, 1.807) is 0 Å². The molecule has 0 amide bonds. The number of rotatable bonds is 4. The van der Waals surface area contributed by atoms with Crippen molar-refractivity contribution in [2.45, 2.75) is 30.9 Å². The molecule has 0 saturated heterocycles. The lowest BCUT2D eigenvalue weighted by Gasteiger charge is -2.28. The second-order valence-corrected chi connectivity index (χ2v) is 3.95. The maximum absolute atomic E-state index is 13.3. The molecule has 7 heteroatoms. The Morgan fingerprint density at radius 3 is 1.68 bits per heavy atom. The third-order valence-electron chi connectivity index (χ3n) is 2.53. The molecule has 0 fully saturated rings. The fourth-order valence-electron chi connectivity index (χ4n) is 1.44. The molecule has 19 heavy (non-hydrogen) atoms. The number of benzene rings is 1. The van der Waals surface area contributed by atoms with E-state index in [1.807, 2.05) is 0 Å². The second-order valence-electron chi connectivity index (χ2n) is 3.95. The Labute approximate surface area is 105 Å². The number of hydrogen-bond donors (Lipinski definition) is 0. The predicted molar refractivity (Wildman–Crippen MR) is 55.0 cm³/mol. The maximum atomic E-state index is 13.3. The third-order valence-corrected chi connectivity index (χ3v) is 2.53. The number of halogens is 7. The maximum Gasteiger partial charge on any atom is 0.460 e. The van der Waals surface area contributed by atoms with Gasteiger partial charge in [0.15, 0.2) is 0 Å². The van der Waals surface area contributed by atoms with Gasteiger partial charge in [0.05, 0.1) is 0 Å². The van der Waals surface area contributed by atoms with E-state index in [9.17, 15) is 30.7 Å². The van der Waals surface area contributed by atoms with Crippen molar-refractivity contribution in [2.75, 3.05) is 0 Å². The average Bonchev–Trinajstić information content (AvgIpc) is 2.28. The molecule has 1 aromatic carbocycles. The Morgan fingerprint density at radius 1 is 0.842 bits per heavy atom. The summed E-state index contributed by atoms with van der Waals surface area (Å²) in [6.45, 7) is 3.51. The van der Waals surface area contributed by atoms with E-state index in [4.69, 9.17) is 0 Å². The standard InChI is InChI=1S/C12H10F7/c1-2-3-8-4-6-9(7-5-8)10(13,14)11(15,16)12(17,18)19/h4-7H,1-3H2. The second kappa shape index (κ2) is 5.02. The number of hydrogen-bond acceptors (Lipinski definition) is 0. The van der Waals surface area contributed by atoms with E-state index >= 15 is 0 Å². The zero-order valence-corrected chi connectivity index (χ0v) is 9.58. The molecule has 0 heterocycles. The Morgan fingerprint density at radius 2 is 1.32 bits per heavy atom. The van der Waals surface area contributed by atoms with Crippen LogP contribution in [0.15, 0.2) is 24.3 Å². The summed E-state index contributed by atoms with van der Waals surface area (Å²) < 4.78 is 88.0. The molecule has 0 N–H and O–H groups in total. The quantitative estimate of drug-likeness (QED) is 0.701. The van der Waals surface area contributed by atoms with Gasteiger partial charge in [0.2, 0.25) is 0 Å². The van der Waals surface area contributed by atoms with E-state index in [2.05, 4.69) is 6.92 Å². The van der Waals surface area contributed by atoms with Crippen LogP contribution in [-0.2, 0) is 12.3 Å². The summed E-state index contributed by atoms with van der Waals surface area (Å²) in [4.78, 5) is 0. The lowest BCUT2D eigenvalue weighted by atomic mass is 9.99. The van der Waals surface area contributed by atoms with Gasteiger partial charge < -0.3 is 0 Å². The van der Waals surface area contributed by atoms with Crippen molar-refractivity contribution in [1.82, 2.24) is 0 Å². The first-order valence-corrected chi connectivity index (χ1v) is 5.25. The third kappa shape index (κ3) is 2.84. The van der Waals surface area contributed by atoms with Gasteiger partial charge in [0, 0.05) is 5.56 Å². The molecule has 1 radical (unpaired) electrons. The van der Waals surface area contributed by atoms with Crippen LogP contribution in [-0.4, -0.2) is 12.1 Å². The van der Waals surface area contributed by atoms with Gasteiger partial charge in [-0.3, -0.25) is 0 Å². The van der Waals surface area contributed by atoms with Crippen molar-refractivity contribution >= 4 is 0 Å². The summed E-state index contributed by atoms with van der Waals surface area (Å²) in [6.07, 6.45) is -5.45. The van der Waals surface area contributed by atoms with Crippen molar-refractivity contribution in [3.63, 3.8) is 0 Å². The molecule has 0 bridgehead atoms. The van der Waals surface area contributed by atoms with Crippen LogP contribution in [0.2, 0.25) is 0 Å². The highest BCUT2D eigenvalue weighted by molar-refractivity contribution is 5.28. The normalized spacial score (nSPS) is 13.7. The largest absolute Gasteiger partial charge is 0.460 e. The molecule has 0 unspecified atom stereocenters. The molecule has 0 saturated carbocycles. The SMILES string of the molecule is [CH2]CCc1ccc(C(F)(F)C(F)(F)C(F)(F)F)cc1. The highest BCUT2D eigenvalue weighted by Gasteiger charge is 2.73. The monoisotopic (exact) mass is 287 g/mol. The molecule has 0 atom stereocenters. The van der Waals surface area contributed by atoms with Gasteiger partial charge in [-0.05, 0) is 18.4 Å². The number of alkyl halides is 7. The van der Waals surface area contributed by atoms with Gasteiger partial charge in [-0.25, -0.2) is 0 Å². The van der Waals surface area contributed by atoms with Crippen LogP contribution in [0.5, 0.6) is 0 Å². The van der Waals surface area contributed by atoms with E-state index in [0.29, 0.717) is 30.5 Å². The Hall–Kier alpha value is -1.27. The van der Waals surface area contributed by atoms with Crippen LogP contribution in [0.3, 0.4) is 0 Å². The fraction of sp³-hybridized carbons (Fsp3) is 0.417. The van der Waals surface area contributed by atoms with Gasteiger partial charge in [0.25, 0.3) is 0 Å². The van der Waals surface area contributed by atoms with Gasteiger partial charge in [-0.2, -0.15) is 30.7 Å². The van der Waals surface area contributed by atoms with Crippen LogP contribution >= 0.6 is 0 Å². The van der Waals surface area contributed by atoms with Crippen LogP contribution in [0.1, 0.15) is 17.5 Å². The van der Waals surface area contributed by atoms with Crippen molar-refractivity contribution in [1.29, 1.82) is 0 Å². The summed E-state index contributed by atoms with van der Waals surface area (Å²) in [6, 6.07) is 3.32. The minimum absolute atomic E-state index is 0.418. The molecule has 0 spiro atoms. The zero-order chi connectivity index (χ0) is 14.9. The highest BCUT2D eigenvalue weighted by Crippen LogP contribution is 2.51. The van der Waals surface area contributed by atoms with Gasteiger partial charge >= 0.3 is 18.0 Å².